The lowest BCUT2D eigenvalue weighted by atomic mass is 10.0. The largest absolute Gasteiger partial charge is 0.337 e. The van der Waals surface area contributed by atoms with Crippen LogP contribution >= 0.6 is 0 Å². The van der Waals surface area contributed by atoms with E-state index >= 15 is 0 Å². The number of hydrogen-bond acceptors (Lipinski definition) is 2. The van der Waals surface area contributed by atoms with Crippen LogP contribution in [0.1, 0.15) is 38.3 Å². The van der Waals surface area contributed by atoms with Crippen molar-refractivity contribution < 1.29 is 4.79 Å². The number of amides is 1. The molecule has 3 heteroatoms. The van der Waals surface area contributed by atoms with Crippen LogP contribution in [0.25, 0.3) is 0 Å². The minimum absolute atomic E-state index is 0.0534. The van der Waals surface area contributed by atoms with E-state index in [4.69, 9.17) is 5.73 Å². The molecule has 0 aliphatic rings. The molecule has 1 amide bonds. The normalized spacial score (nSPS) is 12.5. The second-order valence-electron chi connectivity index (χ2n) is 5.58. The Morgan fingerprint density at radius 1 is 1.37 bits per heavy atom. The van der Waals surface area contributed by atoms with Crippen LogP contribution in [0.15, 0.2) is 24.3 Å². The molecule has 106 valence electrons. The van der Waals surface area contributed by atoms with Gasteiger partial charge in [0, 0.05) is 13.1 Å². The zero-order valence-electron chi connectivity index (χ0n) is 12.5. The Hall–Kier alpha value is -1.35. The Kier molecular flexibility index (Phi) is 6.03. The number of likely N-dealkylation sites (N-methyl/N-ethyl adjacent to an activating group) is 1. The van der Waals surface area contributed by atoms with Crippen molar-refractivity contribution in [1.82, 2.24) is 4.90 Å². The number of hydrogen-bond donors (Lipinski definition) is 1. The summed E-state index contributed by atoms with van der Waals surface area (Å²) in [6.45, 7) is 9.57. The average Bonchev–Trinajstić information content (AvgIpc) is 2.34. The highest BCUT2D eigenvalue weighted by atomic mass is 16.2. The summed E-state index contributed by atoms with van der Waals surface area (Å²) in [4.78, 5) is 14.1. The van der Waals surface area contributed by atoms with Crippen molar-refractivity contribution in [3.8, 4) is 0 Å². The van der Waals surface area contributed by atoms with E-state index in [2.05, 4.69) is 39.0 Å². The van der Waals surface area contributed by atoms with Gasteiger partial charge in [-0.1, -0.05) is 43.7 Å². The number of aryl methyl sites for hydroxylation is 1. The molecule has 1 atom stereocenters. The van der Waals surface area contributed by atoms with Gasteiger partial charge in [-0.3, -0.25) is 4.79 Å². The molecule has 0 fully saturated rings. The third kappa shape index (κ3) is 5.03. The fourth-order valence-corrected chi connectivity index (χ4v) is 2.22. The van der Waals surface area contributed by atoms with Crippen molar-refractivity contribution in [3.05, 3.63) is 35.4 Å². The van der Waals surface area contributed by atoms with Gasteiger partial charge in [0.1, 0.15) is 0 Å². The lowest BCUT2D eigenvalue weighted by Crippen LogP contribution is -2.43. The molecular weight excluding hydrogens is 236 g/mol. The maximum absolute atomic E-state index is 12.3. The summed E-state index contributed by atoms with van der Waals surface area (Å²) in [5.41, 5.74) is 8.36. The first-order chi connectivity index (χ1) is 8.93. The fourth-order valence-electron chi connectivity index (χ4n) is 2.22. The zero-order chi connectivity index (χ0) is 14.4. The van der Waals surface area contributed by atoms with Crippen LogP contribution in [0.4, 0.5) is 0 Å². The first-order valence-corrected chi connectivity index (χ1v) is 7.04. The third-order valence-corrected chi connectivity index (χ3v) is 3.19. The molecule has 0 radical (unpaired) electrons. The van der Waals surface area contributed by atoms with Gasteiger partial charge < -0.3 is 10.6 Å². The summed E-state index contributed by atoms with van der Waals surface area (Å²) in [7, 11) is 0. The van der Waals surface area contributed by atoms with Crippen molar-refractivity contribution in [2.45, 2.75) is 46.7 Å². The molecule has 0 heterocycles. The lowest BCUT2D eigenvalue weighted by molar-refractivity contribution is -0.133. The zero-order valence-corrected chi connectivity index (χ0v) is 12.5. The van der Waals surface area contributed by atoms with Gasteiger partial charge in [0.2, 0.25) is 5.91 Å². The predicted molar refractivity (Wildman–Crippen MR) is 79.7 cm³/mol. The van der Waals surface area contributed by atoms with Crippen LogP contribution in [0.3, 0.4) is 0 Å². The second-order valence-corrected chi connectivity index (χ2v) is 5.58. The minimum Gasteiger partial charge on any atom is -0.337 e. The van der Waals surface area contributed by atoms with Crippen molar-refractivity contribution in [1.29, 1.82) is 0 Å². The Balaban J connectivity index is 2.70. The second kappa shape index (κ2) is 7.29. The van der Waals surface area contributed by atoms with Gasteiger partial charge in [-0.25, -0.2) is 0 Å². The summed E-state index contributed by atoms with van der Waals surface area (Å²) in [6, 6.07) is 7.87. The standard InChI is InChI=1S/C16H26N2O/c1-5-18(16(19)15(17)9-12(2)3)11-14-8-6-7-13(4)10-14/h6-8,10,12,15H,5,9,11,17H2,1-4H3/t15-/m0/s1. The summed E-state index contributed by atoms with van der Waals surface area (Å²) in [5.74, 6) is 0.495. The van der Waals surface area contributed by atoms with Crippen molar-refractivity contribution in [3.63, 3.8) is 0 Å². The Morgan fingerprint density at radius 3 is 2.58 bits per heavy atom. The van der Waals surface area contributed by atoms with Crippen molar-refractivity contribution in [2.24, 2.45) is 11.7 Å². The smallest absolute Gasteiger partial charge is 0.239 e. The Bertz CT molecular complexity index is 415. The van der Waals surface area contributed by atoms with Gasteiger partial charge in [-0.2, -0.15) is 0 Å². The summed E-state index contributed by atoms with van der Waals surface area (Å²) in [5, 5.41) is 0. The number of nitrogens with zero attached hydrogens (tertiary/aromatic N) is 1. The molecule has 0 aliphatic carbocycles. The van der Waals surface area contributed by atoms with E-state index < -0.39 is 0 Å². The Morgan fingerprint density at radius 2 is 2.05 bits per heavy atom. The van der Waals surface area contributed by atoms with E-state index in [-0.39, 0.29) is 11.9 Å². The molecule has 0 saturated heterocycles. The van der Waals surface area contributed by atoms with Gasteiger partial charge in [-0.05, 0) is 31.7 Å². The van der Waals surface area contributed by atoms with Crippen LogP contribution < -0.4 is 5.73 Å². The number of nitrogens with two attached hydrogens (primary N) is 1. The maximum Gasteiger partial charge on any atom is 0.239 e. The van der Waals surface area contributed by atoms with Gasteiger partial charge in [0.05, 0.1) is 6.04 Å². The first-order valence-electron chi connectivity index (χ1n) is 7.04. The van der Waals surface area contributed by atoms with Gasteiger partial charge >= 0.3 is 0 Å². The van der Waals surface area contributed by atoms with Gasteiger partial charge in [0.25, 0.3) is 0 Å². The SMILES string of the molecule is CCN(Cc1cccc(C)c1)C(=O)[C@@H](N)CC(C)C. The van der Waals surface area contributed by atoms with E-state index in [0.717, 1.165) is 12.0 Å². The highest BCUT2D eigenvalue weighted by molar-refractivity contribution is 5.81. The number of rotatable bonds is 6. The molecule has 0 spiro atoms. The molecule has 19 heavy (non-hydrogen) atoms. The molecule has 1 aromatic carbocycles. The van der Waals surface area contributed by atoms with E-state index in [0.29, 0.717) is 19.0 Å². The topological polar surface area (TPSA) is 46.3 Å². The molecule has 0 aliphatic heterocycles. The summed E-state index contributed by atoms with van der Waals surface area (Å²) >= 11 is 0. The average molecular weight is 262 g/mol. The molecule has 1 aromatic rings. The molecule has 0 saturated carbocycles. The van der Waals surface area contributed by atoms with E-state index in [1.54, 1.807) is 0 Å². The molecule has 0 aromatic heterocycles. The predicted octanol–water partition coefficient (Wildman–Crippen LogP) is 2.72. The molecule has 0 unspecified atom stereocenters. The Labute approximate surface area is 116 Å². The molecular formula is C16H26N2O. The van der Waals surface area contributed by atoms with Crippen LogP contribution in [0.2, 0.25) is 0 Å². The number of carbonyl (C=O) groups is 1. The third-order valence-electron chi connectivity index (χ3n) is 3.19. The van der Waals surface area contributed by atoms with E-state index in [1.807, 2.05) is 17.9 Å². The van der Waals surface area contributed by atoms with Crippen LogP contribution in [0, 0.1) is 12.8 Å². The molecule has 3 nitrogen and oxygen atoms in total. The van der Waals surface area contributed by atoms with Gasteiger partial charge in [0.15, 0.2) is 0 Å². The van der Waals surface area contributed by atoms with Crippen LogP contribution in [-0.4, -0.2) is 23.4 Å². The number of benzene rings is 1. The fraction of sp³-hybridized carbons (Fsp3) is 0.562. The van der Waals surface area contributed by atoms with E-state index in [9.17, 15) is 4.79 Å². The first kappa shape index (κ1) is 15.7. The number of carbonyl (C=O) groups excluding carboxylic acids is 1. The molecule has 2 N–H and O–H groups in total. The van der Waals surface area contributed by atoms with Gasteiger partial charge in [-0.15, -0.1) is 0 Å². The van der Waals surface area contributed by atoms with Crippen LogP contribution in [-0.2, 0) is 11.3 Å². The maximum atomic E-state index is 12.3. The van der Waals surface area contributed by atoms with E-state index in [1.165, 1.54) is 5.56 Å². The van der Waals surface area contributed by atoms with Crippen LogP contribution in [0.5, 0.6) is 0 Å². The highest BCUT2D eigenvalue weighted by Gasteiger charge is 2.20. The lowest BCUT2D eigenvalue weighted by Gasteiger charge is -2.25. The molecule has 0 bridgehead atoms. The quantitative estimate of drug-likeness (QED) is 0.857. The minimum atomic E-state index is -0.384. The monoisotopic (exact) mass is 262 g/mol. The summed E-state index contributed by atoms with van der Waals surface area (Å²) < 4.78 is 0. The van der Waals surface area contributed by atoms with Crippen molar-refractivity contribution in [2.75, 3.05) is 6.54 Å². The molecule has 1 rings (SSSR count). The van der Waals surface area contributed by atoms with Crippen molar-refractivity contribution >= 4 is 5.91 Å². The highest BCUT2D eigenvalue weighted by Crippen LogP contribution is 2.11. The summed E-state index contributed by atoms with van der Waals surface area (Å²) in [6.07, 6.45) is 0.739.